The summed E-state index contributed by atoms with van der Waals surface area (Å²) in [6.07, 6.45) is 1.09. The lowest BCUT2D eigenvalue weighted by Gasteiger charge is -2.13. The topological polar surface area (TPSA) is 9.23 Å². The summed E-state index contributed by atoms with van der Waals surface area (Å²) >= 11 is 3.24. The Bertz CT molecular complexity index is 288. The Morgan fingerprint density at radius 3 is 2.77 bits per heavy atom. The average molecular weight is 247 g/mol. The van der Waals surface area contributed by atoms with Crippen LogP contribution in [0, 0.1) is 5.82 Å². The first-order valence-electron chi connectivity index (χ1n) is 4.25. The molecule has 1 atom stereocenters. The predicted molar refractivity (Wildman–Crippen MR) is 54.5 cm³/mol. The Balaban J connectivity index is 2.77. The molecule has 0 saturated heterocycles. The Labute approximate surface area is 86.0 Å². The quantitative estimate of drug-likeness (QED) is 0.790. The molecule has 0 aliphatic carbocycles. The van der Waals surface area contributed by atoms with Crippen LogP contribution < -0.4 is 4.74 Å². The van der Waals surface area contributed by atoms with Crippen LogP contribution in [0.3, 0.4) is 0 Å². The van der Waals surface area contributed by atoms with Gasteiger partial charge in [0.05, 0.1) is 10.6 Å². The fraction of sp³-hybridized carbons (Fsp3) is 0.400. The zero-order chi connectivity index (χ0) is 9.84. The average Bonchev–Trinajstić information content (AvgIpc) is 2.09. The number of benzene rings is 1. The predicted octanol–water partition coefficient (Wildman–Crippen LogP) is 3.77. The van der Waals surface area contributed by atoms with Gasteiger partial charge < -0.3 is 4.74 Å². The fourth-order valence-corrected chi connectivity index (χ4v) is 1.32. The Morgan fingerprint density at radius 1 is 1.54 bits per heavy atom. The van der Waals surface area contributed by atoms with Crippen LogP contribution in [-0.4, -0.2) is 6.10 Å². The smallest absolute Gasteiger partial charge is 0.134 e. The Hall–Kier alpha value is -0.570. The van der Waals surface area contributed by atoms with E-state index >= 15 is 0 Å². The molecule has 0 aliphatic heterocycles. The minimum Gasteiger partial charge on any atom is -0.490 e. The Morgan fingerprint density at radius 2 is 2.23 bits per heavy atom. The molecule has 13 heavy (non-hydrogen) atoms. The summed E-state index contributed by atoms with van der Waals surface area (Å²) in [6, 6.07) is 4.42. The molecule has 0 amide bonds. The fourth-order valence-electron chi connectivity index (χ4n) is 0.871. The monoisotopic (exact) mass is 246 g/mol. The molecule has 3 heteroatoms. The van der Waals surface area contributed by atoms with Gasteiger partial charge in [0.15, 0.2) is 0 Å². The first kappa shape index (κ1) is 10.5. The first-order valence-corrected chi connectivity index (χ1v) is 5.04. The Kier molecular flexibility index (Phi) is 3.72. The van der Waals surface area contributed by atoms with Crippen molar-refractivity contribution in [3.63, 3.8) is 0 Å². The second-order valence-electron chi connectivity index (χ2n) is 2.91. The van der Waals surface area contributed by atoms with Gasteiger partial charge in [0.2, 0.25) is 0 Å². The lowest BCUT2D eigenvalue weighted by molar-refractivity contribution is 0.216. The maximum atomic E-state index is 12.7. The van der Waals surface area contributed by atoms with Crippen molar-refractivity contribution in [3.05, 3.63) is 28.5 Å². The van der Waals surface area contributed by atoms with Gasteiger partial charge in [-0.3, -0.25) is 0 Å². The van der Waals surface area contributed by atoms with Crippen LogP contribution in [0.2, 0.25) is 0 Å². The molecule has 0 aliphatic rings. The van der Waals surface area contributed by atoms with Gasteiger partial charge in [-0.25, -0.2) is 4.39 Å². The number of rotatable bonds is 3. The van der Waals surface area contributed by atoms with Gasteiger partial charge in [0.1, 0.15) is 11.6 Å². The van der Waals surface area contributed by atoms with Crippen LogP contribution in [-0.2, 0) is 0 Å². The van der Waals surface area contributed by atoms with E-state index in [4.69, 9.17) is 4.74 Å². The van der Waals surface area contributed by atoms with Crippen LogP contribution in [0.15, 0.2) is 22.7 Å². The zero-order valence-corrected chi connectivity index (χ0v) is 9.27. The minimum atomic E-state index is -0.261. The standard InChI is InChI=1S/C10H12BrFO/c1-3-7(2)13-10-5-4-8(12)6-9(10)11/h4-7H,3H2,1-2H3. The van der Waals surface area contributed by atoms with Crippen LogP contribution in [0.25, 0.3) is 0 Å². The van der Waals surface area contributed by atoms with Crippen molar-refractivity contribution in [2.24, 2.45) is 0 Å². The molecule has 1 rings (SSSR count). The molecule has 0 saturated carbocycles. The van der Waals surface area contributed by atoms with Crippen molar-refractivity contribution in [2.45, 2.75) is 26.4 Å². The van der Waals surface area contributed by atoms with E-state index in [1.165, 1.54) is 12.1 Å². The van der Waals surface area contributed by atoms with E-state index in [0.29, 0.717) is 10.2 Å². The maximum absolute atomic E-state index is 12.7. The van der Waals surface area contributed by atoms with E-state index in [-0.39, 0.29) is 11.9 Å². The highest BCUT2D eigenvalue weighted by Gasteiger charge is 2.05. The molecule has 0 heterocycles. The van der Waals surface area contributed by atoms with Gasteiger partial charge in [-0.05, 0) is 47.5 Å². The molecule has 0 aromatic heterocycles. The van der Waals surface area contributed by atoms with Gasteiger partial charge >= 0.3 is 0 Å². The van der Waals surface area contributed by atoms with E-state index in [1.54, 1.807) is 6.07 Å². The largest absolute Gasteiger partial charge is 0.490 e. The van der Waals surface area contributed by atoms with Crippen molar-refractivity contribution in [1.29, 1.82) is 0 Å². The summed E-state index contributed by atoms with van der Waals surface area (Å²) in [5, 5.41) is 0. The highest BCUT2D eigenvalue weighted by atomic mass is 79.9. The number of hydrogen-bond donors (Lipinski definition) is 0. The SMILES string of the molecule is CCC(C)Oc1ccc(F)cc1Br. The van der Waals surface area contributed by atoms with E-state index in [2.05, 4.69) is 15.9 Å². The van der Waals surface area contributed by atoms with Gasteiger partial charge in [-0.1, -0.05) is 6.92 Å². The van der Waals surface area contributed by atoms with Gasteiger partial charge in [-0.15, -0.1) is 0 Å². The summed E-state index contributed by atoms with van der Waals surface area (Å²) in [6.45, 7) is 4.03. The van der Waals surface area contributed by atoms with E-state index < -0.39 is 0 Å². The van der Waals surface area contributed by atoms with Crippen LogP contribution >= 0.6 is 15.9 Å². The van der Waals surface area contributed by atoms with Crippen molar-refractivity contribution < 1.29 is 9.13 Å². The molecular weight excluding hydrogens is 235 g/mol. The van der Waals surface area contributed by atoms with E-state index in [0.717, 1.165) is 6.42 Å². The minimum absolute atomic E-state index is 0.154. The third-order valence-corrected chi connectivity index (χ3v) is 2.42. The van der Waals surface area contributed by atoms with Gasteiger partial charge in [-0.2, -0.15) is 0 Å². The second kappa shape index (κ2) is 4.61. The molecular formula is C10H12BrFO. The van der Waals surface area contributed by atoms with Crippen LogP contribution in [0.1, 0.15) is 20.3 Å². The molecule has 0 radical (unpaired) electrons. The summed E-state index contributed by atoms with van der Waals surface area (Å²) in [7, 11) is 0. The van der Waals surface area contributed by atoms with Crippen LogP contribution in [0.5, 0.6) is 5.75 Å². The first-order chi connectivity index (χ1) is 6.13. The van der Waals surface area contributed by atoms with E-state index in [9.17, 15) is 4.39 Å². The second-order valence-corrected chi connectivity index (χ2v) is 3.77. The van der Waals surface area contributed by atoms with Gasteiger partial charge in [0.25, 0.3) is 0 Å². The number of hydrogen-bond acceptors (Lipinski definition) is 1. The highest BCUT2D eigenvalue weighted by molar-refractivity contribution is 9.10. The van der Waals surface area contributed by atoms with Crippen molar-refractivity contribution in [3.8, 4) is 5.75 Å². The lowest BCUT2D eigenvalue weighted by Crippen LogP contribution is -2.09. The lowest BCUT2D eigenvalue weighted by atomic mass is 10.3. The molecule has 72 valence electrons. The molecule has 0 fully saturated rings. The van der Waals surface area contributed by atoms with Gasteiger partial charge in [0, 0.05) is 0 Å². The summed E-state index contributed by atoms with van der Waals surface area (Å²) in [4.78, 5) is 0. The molecule has 1 aromatic rings. The zero-order valence-electron chi connectivity index (χ0n) is 7.68. The summed E-state index contributed by atoms with van der Waals surface area (Å²) in [5.41, 5.74) is 0. The maximum Gasteiger partial charge on any atom is 0.134 e. The normalized spacial score (nSPS) is 12.6. The van der Waals surface area contributed by atoms with Crippen molar-refractivity contribution in [2.75, 3.05) is 0 Å². The molecule has 0 N–H and O–H groups in total. The number of ether oxygens (including phenoxy) is 1. The third-order valence-electron chi connectivity index (χ3n) is 1.80. The number of halogens is 2. The summed E-state index contributed by atoms with van der Waals surface area (Å²) < 4.78 is 18.9. The van der Waals surface area contributed by atoms with Crippen molar-refractivity contribution >= 4 is 15.9 Å². The van der Waals surface area contributed by atoms with Crippen molar-refractivity contribution in [1.82, 2.24) is 0 Å². The molecule has 0 bridgehead atoms. The molecule has 0 spiro atoms. The summed E-state index contributed by atoms with van der Waals surface area (Å²) in [5.74, 6) is 0.430. The third kappa shape index (κ3) is 2.99. The van der Waals surface area contributed by atoms with Crippen LogP contribution in [0.4, 0.5) is 4.39 Å². The van der Waals surface area contributed by atoms with E-state index in [1.807, 2.05) is 13.8 Å². The molecule has 1 unspecified atom stereocenters. The molecule has 1 aromatic carbocycles. The molecule has 1 nitrogen and oxygen atoms in total. The highest BCUT2D eigenvalue weighted by Crippen LogP contribution is 2.26.